The first kappa shape index (κ1) is 9.93. The van der Waals surface area contributed by atoms with Crippen LogP contribution in [0.15, 0.2) is 0 Å². The Kier molecular flexibility index (Phi) is 2.49. The number of aliphatic hydroxyl groups excluding tert-OH is 1. The van der Waals surface area contributed by atoms with Gasteiger partial charge in [-0.15, -0.1) is 0 Å². The van der Waals surface area contributed by atoms with Gasteiger partial charge < -0.3 is 15.7 Å². The number of hydrogen-bond donors (Lipinski definition) is 3. The maximum Gasteiger partial charge on any atom is 0.225 e. The fraction of sp³-hybridized carbons (Fsp3) is 0.900. The van der Waals surface area contributed by atoms with Crippen molar-refractivity contribution in [2.24, 2.45) is 11.8 Å². The molecule has 1 saturated heterocycles. The standard InChI is InChI=1S/C10H18N2O2/c1-7-4-11-5-8(7)9(14)12-10(6-13)2-3-10/h7-8,11,13H,2-6H2,1H3,(H,12,14)/t7-,8-/m1/s1. The minimum atomic E-state index is -0.264. The third kappa shape index (κ3) is 1.77. The zero-order chi connectivity index (χ0) is 10.2. The van der Waals surface area contributed by atoms with Gasteiger partial charge in [-0.05, 0) is 25.3 Å². The summed E-state index contributed by atoms with van der Waals surface area (Å²) in [5.74, 6) is 0.595. The summed E-state index contributed by atoms with van der Waals surface area (Å²) in [6.45, 7) is 3.86. The smallest absolute Gasteiger partial charge is 0.225 e. The summed E-state index contributed by atoms with van der Waals surface area (Å²) >= 11 is 0. The van der Waals surface area contributed by atoms with Gasteiger partial charge in [-0.1, -0.05) is 6.92 Å². The molecule has 14 heavy (non-hydrogen) atoms. The highest BCUT2D eigenvalue weighted by atomic mass is 16.3. The van der Waals surface area contributed by atoms with Gasteiger partial charge in [-0.25, -0.2) is 0 Å². The lowest BCUT2D eigenvalue weighted by Crippen LogP contribution is -2.44. The van der Waals surface area contributed by atoms with E-state index in [0.717, 1.165) is 25.9 Å². The molecule has 4 nitrogen and oxygen atoms in total. The van der Waals surface area contributed by atoms with E-state index >= 15 is 0 Å². The van der Waals surface area contributed by atoms with Crippen LogP contribution >= 0.6 is 0 Å². The number of amides is 1. The lowest BCUT2D eigenvalue weighted by atomic mass is 9.97. The minimum absolute atomic E-state index is 0.0767. The Hall–Kier alpha value is -0.610. The van der Waals surface area contributed by atoms with Crippen molar-refractivity contribution < 1.29 is 9.90 Å². The molecule has 1 amide bonds. The molecule has 0 spiro atoms. The molecule has 0 unspecified atom stereocenters. The van der Waals surface area contributed by atoms with Gasteiger partial charge >= 0.3 is 0 Å². The van der Waals surface area contributed by atoms with E-state index in [2.05, 4.69) is 17.6 Å². The average molecular weight is 198 g/mol. The van der Waals surface area contributed by atoms with Crippen molar-refractivity contribution in [3.63, 3.8) is 0 Å². The van der Waals surface area contributed by atoms with Crippen molar-refractivity contribution in [2.75, 3.05) is 19.7 Å². The van der Waals surface area contributed by atoms with Gasteiger partial charge in [0.05, 0.1) is 18.1 Å². The van der Waals surface area contributed by atoms with Crippen LogP contribution in [0.1, 0.15) is 19.8 Å². The first-order valence-corrected chi connectivity index (χ1v) is 5.30. The van der Waals surface area contributed by atoms with Gasteiger partial charge in [0.15, 0.2) is 0 Å². The third-order valence-corrected chi connectivity index (χ3v) is 3.40. The zero-order valence-electron chi connectivity index (χ0n) is 8.55. The van der Waals surface area contributed by atoms with E-state index in [4.69, 9.17) is 5.11 Å². The Morgan fingerprint density at radius 3 is 2.71 bits per heavy atom. The molecule has 0 radical (unpaired) electrons. The van der Waals surface area contributed by atoms with E-state index in [0.29, 0.717) is 5.92 Å². The minimum Gasteiger partial charge on any atom is -0.394 e. The molecule has 0 aromatic rings. The number of hydrogen-bond acceptors (Lipinski definition) is 3. The highest BCUT2D eigenvalue weighted by Gasteiger charge is 2.45. The van der Waals surface area contributed by atoms with E-state index < -0.39 is 0 Å². The fourth-order valence-electron chi connectivity index (χ4n) is 1.99. The second-order valence-electron chi connectivity index (χ2n) is 4.67. The van der Waals surface area contributed by atoms with E-state index in [-0.39, 0.29) is 24.0 Å². The number of aliphatic hydroxyl groups is 1. The Balaban J connectivity index is 1.89. The highest BCUT2D eigenvalue weighted by Crippen LogP contribution is 2.35. The molecule has 1 aliphatic heterocycles. The molecule has 3 N–H and O–H groups in total. The van der Waals surface area contributed by atoms with Crippen LogP contribution in [0.5, 0.6) is 0 Å². The molecular formula is C10H18N2O2. The van der Waals surface area contributed by atoms with Crippen LogP contribution in [0.3, 0.4) is 0 Å². The number of carbonyl (C=O) groups excluding carboxylic acids is 1. The van der Waals surface area contributed by atoms with Gasteiger partial charge in [-0.2, -0.15) is 0 Å². The molecule has 2 atom stereocenters. The molecular weight excluding hydrogens is 180 g/mol. The molecule has 0 aromatic carbocycles. The van der Waals surface area contributed by atoms with Crippen LogP contribution in [0.2, 0.25) is 0 Å². The van der Waals surface area contributed by atoms with Crippen molar-refractivity contribution in [2.45, 2.75) is 25.3 Å². The molecule has 4 heteroatoms. The Bertz CT molecular complexity index is 238. The van der Waals surface area contributed by atoms with Crippen molar-refractivity contribution in [1.82, 2.24) is 10.6 Å². The van der Waals surface area contributed by atoms with Gasteiger partial charge in [0.25, 0.3) is 0 Å². The number of rotatable bonds is 3. The van der Waals surface area contributed by atoms with E-state index in [1.54, 1.807) is 0 Å². The summed E-state index contributed by atoms with van der Waals surface area (Å²) in [5.41, 5.74) is -0.264. The maximum absolute atomic E-state index is 11.8. The van der Waals surface area contributed by atoms with Crippen LogP contribution in [-0.4, -0.2) is 36.2 Å². The third-order valence-electron chi connectivity index (χ3n) is 3.40. The fourth-order valence-corrected chi connectivity index (χ4v) is 1.99. The summed E-state index contributed by atoms with van der Waals surface area (Å²) in [5, 5.41) is 15.2. The monoisotopic (exact) mass is 198 g/mol. The summed E-state index contributed by atoms with van der Waals surface area (Å²) in [6.07, 6.45) is 1.84. The molecule has 1 aliphatic carbocycles. The lowest BCUT2D eigenvalue weighted by molar-refractivity contribution is -0.126. The predicted octanol–water partition coefficient (Wildman–Crippen LogP) is -0.517. The van der Waals surface area contributed by atoms with Crippen molar-refractivity contribution in [3.05, 3.63) is 0 Å². The maximum atomic E-state index is 11.8. The Morgan fingerprint density at radius 1 is 1.57 bits per heavy atom. The first-order chi connectivity index (χ1) is 6.67. The second-order valence-corrected chi connectivity index (χ2v) is 4.67. The van der Waals surface area contributed by atoms with Gasteiger partial charge in [-0.3, -0.25) is 4.79 Å². The number of carbonyl (C=O) groups is 1. The summed E-state index contributed by atoms with van der Waals surface area (Å²) in [6, 6.07) is 0. The van der Waals surface area contributed by atoms with Gasteiger partial charge in [0.2, 0.25) is 5.91 Å². The predicted molar refractivity (Wildman–Crippen MR) is 52.7 cm³/mol. The molecule has 2 fully saturated rings. The average Bonchev–Trinajstić information content (AvgIpc) is 2.80. The summed E-state index contributed by atoms with van der Waals surface area (Å²) in [7, 11) is 0. The lowest BCUT2D eigenvalue weighted by Gasteiger charge is -2.19. The molecule has 2 aliphatic rings. The number of nitrogens with one attached hydrogen (secondary N) is 2. The van der Waals surface area contributed by atoms with Crippen LogP contribution in [0.25, 0.3) is 0 Å². The van der Waals surface area contributed by atoms with Crippen LogP contribution in [0, 0.1) is 11.8 Å². The van der Waals surface area contributed by atoms with E-state index in [1.165, 1.54) is 0 Å². The largest absolute Gasteiger partial charge is 0.394 e. The quantitative estimate of drug-likeness (QED) is 0.572. The highest BCUT2D eigenvalue weighted by molar-refractivity contribution is 5.80. The van der Waals surface area contributed by atoms with Crippen molar-refractivity contribution >= 4 is 5.91 Å². The van der Waals surface area contributed by atoms with Gasteiger partial charge in [0, 0.05) is 6.54 Å². The van der Waals surface area contributed by atoms with Crippen molar-refractivity contribution in [1.29, 1.82) is 0 Å². The molecule has 0 bridgehead atoms. The molecule has 0 aromatic heterocycles. The molecule has 1 heterocycles. The summed E-state index contributed by atoms with van der Waals surface area (Å²) < 4.78 is 0. The molecule has 1 saturated carbocycles. The normalized spacial score (nSPS) is 34.1. The first-order valence-electron chi connectivity index (χ1n) is 5.30. The SMILES string of the molecule is C[C@@H]1CNC[C@H]1C(=O)NC1(CO)CC1. The Labute approximate surface area is 84.1 Å². The van der Waals surface area contributed by atoms with E-state index in [1.807, 2.05) is 0 Å². The van der Waals surface area contributed by atoms with Crippen LogP contribution in [0.4, 0.5) is 0 Å². The van der Waals surface area contributed by atoms with Gasteiger partial charge in [0.1, 0.15) is 0 Å². The molecule has 80 valence electrons. The van der Waals surface area contributed by atoms with E-state index in [9.17, 15) is 4.79 Å². The topological polar surface area (TPSA) is 61.4 Å². The van der Waals surface area contributed by atoms with Crippen molar-refractivity contribution in [3.8, 4) is 0 Å². The zero-order valence-corrected chi connectivity index (χ0v) is 8.55. The summed E-state index contributed by atoms with van der Waals surface area (Å²) in [4.78, 5) is 11.8. The Morgan fingerprint density at radius 2 is 2.29 bits per heavy atom. The molecule has 2 rings (SSSR count). The van der Waals surface area contributed by atoms with Crippen LogP contribution < -0.4 is 10.6 Å². The second kappa shape index (κ2) is 3.51. The van der Waals surface area contributed by atoms with Crippen LogP contribution in [-0.2, 0) is 4.79 Å².